The average Bonchev–Trinajstić information content (AvgIpc) is 2.31. The molecule has 18 heavy (non-hydrogen) atoms. The number of hydrogen-bond acceptors (Lipinski definition) is 5. The maximum atomic E-state index is 11.7. The number of aromatic amines is 2. The third kappa shape index (κ3) is 2.61. The molecule has 0 saturated carbocycles. The Bertz CT molecular complexity index is 679. The molecule has 0 radical (unpaired) electrons. The van der Waals surface area contributed by atoms with Gasteiger partial charge >= 0.3 is 5.69 Å². The lowest BCUT2D eigenvalue weighted by Gasteiger charge is -2.04. The van der Waals surface area contributed by atoms with Crippen molar-refractivity contribution >= 4 is 23.3 Å². The van der Waals surface area contributed by atoms with Crippen molar-refractivity contribution in [3.8, 4) is 0 Å². The van der Waals surface area contributed by atoms with E-state index in [0.29, 0.717) is 0 Å². The Morgan fingerprint density at radius 1 is 1.22 bits per heavy atom. The normalized spacial score (nSPS) is 10.1. The summed E-state index contributed by atoms with van der Waals surface area (Å²) < 4.78 is 0. The number of halogens is 1. The highest BCUT2D eigenvalue weighted by molar-refractivity contribution is 6.32. The van der Waals surface area contributed by atoms with Crippen molar-refractivity contribution in [1.82, 2.24) is 19.9 Å². The highest BCUT2D eigenvalue weighted by atomic mass is 35.5. The number of carbonyl (C=O) groups is 1. The summed E-state index contributed by atoms with van der Waals surface area (Å²) in [6.07, 6.45) is 2.69. The summed E-state index contributed by atoms with van der Waals surface area (Å²) in [5.41, 5.74) is -1.67. The van der Waals surface area contributed by atoms with E-state index in [-0.39, 0.29) is 16.7 Å². The molecule has 2 rings (SSSR count). The molecule has 0 saturated heterocycles. The number of anilines is 1. The third-order valence-electron chi connectivity index (χ3n) is 1.89. The average molecular weight is 268 g/mol. The summed E-state index contributed by atoms with van der Waals surface area (Å²) in [5, 5.41) is 2.31. The molecule has 0 aromatic carbocycles. The van der Waals surface area contributed by atoms with Crippen LogP contribution in [0.2, 0.25) is 5.15 Å². The van der Waals surface area contributed by atoms with Crippen LogP contribution in [0.4, 0.5) is 5.82 Å². The number of aromatic nitrogens is 4. The highest BCUT2D eigenvalue weighted by Crippen LogP contribution is 2.14. The Morgan fingerprint density at radius 3 is 2.61 bits per heavy atom. The van der Waals surface area contributed by atoms with E-state index in [0.717, 1.165) is 6.07 Å². The summed E-state index contributed by atoms with van der Waals surface area (Å²) in [7, 11) is 0. The van der Waals surface area contributed by atoms with Crippen LogP contribution in [0.25, 0.3) is 0 Å². The van der Waals surface area contributed by atoms with Crippen molar-refractivity contribution in [3.63, 3.8) is 0 Å². The van der Waals surface area contributed by atoms with Gasteiger partial charge in [-0.05, 0) is 0 Å². The molecule has 2 aromatic heterocycles. The van der Waals surface area contributed by atoms with Gasteiger partial charge in [0.15, 0.2) is 11.0 Å². The molecule has 2 aromatic rings. The van der Waals surface area contributed by atoms with E-state index < -0.39 is 17.2 Å². The second-order valence-corrected chi connectivity index (χ2v) is 3.51. The molecule has 0 spiro atoms. The van der Waals surface area contributed by atoms with Crippen molar-refractivity contribution < 1.29 is 4.79 Å². The van der Waals surface area contributed by atoms with E-state index in [1.807, 2.05) is 4.98 Å². The molecule has 0 aliphatic heterocycles. The van der Waals surface area contributed by atoms with Crippen LogP contribution in [0.15, 0.2) is 28.0 Å². The summed E-state index contributed by atoms with van der Waals surface area (Å²) in [6.45, 7) is 0. The number of rotatable bonds is 2. The van der Waals surface area contributed by atoms with Gasteiger partial charge in [-0.15, -0.1) is 0 Å². The zero-order valence-corrected chi connectivity index (χ0v) is 9.49. The van der Waals surface area contributed by atoms with Crippen LogP contribution in [-0.4, -0.2) is 25.8 Å². The summed E-state index contributed by atoms with van der Waals surface area (Å²) >= 11 is 5.69. The van der Waals surface area contributed by atoms with E-state index in [4.69, 9.17) is 11.6 Å². The molecule has 0 unspecified atom stereocenters. The fraction of sp³-hybridized carbons (Fsp3) is 0. The first-order valence-corrected chi connectivity index (χ1v) is 5.05. The van der Waals surface area contributed by atoms with Gasteiger partial charge in [-0.3, -0.25) is 14.6 Å². The molecule has 8 nitrogen and oxygen atoms in total. The van der Waals surface area contributed by atoms with Crippen LogP contribution >= 0.6 is 11.6 Å². The third-order valence-corrected chi connectivity index (χ3v) is 2.17. The van der Waals surface area contributed by atoms with Gasteiger partial charge in [0, 0.05) is 18.5 Å². The maximum Gasteiger partial charge on any atom is 0.326 e. The molecule has 92 valence electrons. The van der Waals surface area contributed by atoms with Crippen LogP contribution in [0.5, 0.6) is 0 Å². The Kier molecular flexibility index (Phi) is 3.20. The van der Waals surface area contributed by atoms with Gasteiger partial charge in [0.05, 0.1) is 0 Å². The molecule has 0 fully saturated rings. The summed E-state index contributed by atoms with van der Waals surface area (Å²) in [6, 6.07) is 0.945. The maximum absolute atomic E-state index is 11.7. The molecule has 0 atom stereocenters. The van der Waals surface area contributed by atoms with Crippen molar-refractivity contribution in [2.24, 2.45) is 0 Å². The first-order chi connectivity index (χ1) is 8.56. The van der Waals surface area contributed by atoms with E-state index in [9.17, 15) is 14.4 Å². The fourth-order valence-corrected chi connectivity index (χ4v) is 1.32. The quantitative estimate of drug-likeness (QED) is 0.693. The monoisotopic (exact) mass is 267 g/mol. The molecular weight excluding hydrogens is 262 g/mol. The minimum absolute atomic E-state index is 0.00182. The molecule has 1 amide bonds. The molecule has 9 heteroatoms. The molecule has 3 N–H and O–H groups in total. The predicted molar refractivity (Wildman–Crippen MR) is 62.7 cm³/mol. The Morgan fingerprint density at radius 2 is 1.94 bits per heavy atom. The topological polar surface area (TPSA) is 121 Å². The van der Waals surface area contributed by atoms with Crippen molar-refractivity contribution in [2.45, 2.75) is 0 Å². The number of nitrogens with one attached hydrogen (secondary N) is 3. The number of carbonyl (C=O) groups excluding carboxylic acids is 1. The summed E-state index contributed by atoms with van der Waals surface area (Å²) in [4.78, 5) is 45.3. The smallest absolute Gasteiger partial charge is 0.303 e. The van der Waals surface area contributed by atoms with Gasteiger partial charge in [0.25, 0.3) is 11.5 Å². The van der Waals surface area contributed by atoms with E-state index in [1.54, 1.807) is 0 Å². The molecule has 0 bridgehead atoms. The zero-order chi connectivity index (χ0) is 13.1. The lowest BCUT2D eigenvalue weighted by atomic mass is 10.4. The van der Waals surface area contributed by atoms with Crippen molar-refractivity contribution in [2.75, 3.05) is 5.32 Å². The molecule has 0 aliphatic carbocycles. The Hall–Kier alpha value is -2.48. The van der Waals surface area contributed by atoms with Crippen LogP contribution < -0.4 is 16.6 Å². The van der Waals surface area contributed by atoms with Gasteiger partial charge in [-0.1, -0.05) is 11.6 Å². The molecule has 0 aliphatic rings. The van der Waals surface area contributed by atoms with Gasteiger partial charge in [-0.2, -0.15) is 0 Å². The van der Waals surface area contributed by atoms with E-state index >= 15 is 0 Å². The van der Waals surface area contributed by atoms with Gasteiger partial charge < -0.3 is 10.3 Å². The second kappa shape index (κ2) is 4.80. The molecule has 2 heterocycles. The first kappa shape index (κ1) is 12.0. The number of nitrogens with zero attached hydrogens (tertiary/aromatic N) is 2. The SMILES string of the molecule is O=C(Nc1nccnc1Cl)c1cc(=O)[nH]c(=O)[nH]1. The largest absolute Gasteiger partial charge is 0.326 e. The summed E-state index contributed by atoms with van der Waals surface area (Å²) in [5.74, 6) is -0.689. The van der Waals surface area contributed by atoms with Crippen LogP contribution in [0, 0.1) is 0 Å². The standard InChI is InChI=1S/C9H6ClN5O3/c10-6-7(12-2-1-11-6)15-8(17)4-3-5(16)14-9(18)13-4/h1-3H,(H,12,15,17)(H2,13,14,16,18). The number of amides is 1. The number of hydrogen-bond donors (Lipinski definition) is 3. The van der Waals surface area contributed by atoms with E-state index in [2.05, 4.69) is 20.3 Å². The molecular formula is C9H6ClN5O3. The lowest BCUT2D eigenvalue weighted by molar-refractivity contribution is 0.102. The van der Waals surface area contributed by atoms with Gasteiger partial charge in [0.2, 0.25) is 0 Å². The fourth-order valence-electron chi connectivity index (χ4n) is 1.17. The minimum atomic E-state index is -0.780. The van der Waals surface area contributed by atoms with Crippen LogP contribution in [0.1, 0.15) is 10.5 Å². The predicted octanol–water partition coefficient (Wildman–Crippen LogP) is -0.241. The zero-order valence-electron chi connectivity index (χ0n) is 8.73. The van der Waals surface area contributed by atoms with Gasteiger partial charge in [0.1, 0.15) is 5.69 Å². The number of H-pyrrole nitrogens is 2. The first-order valence-electron chi connectivity index (χ1n) is 4.68. The lowest BCUT2D eigenvalue weighted by Crippen LogP contribution is -2.27. The van der Waals surface area contributed by atoms with Crippen LogP contribution in [0.3, 0.4) is 0 Å². The second-order valence-electron chi connectivity index (χ2n) is 3.15. The van der Waals surface area contributed by atoms with Gasteiger partial charge in [-0.25, -0.2) is 14.8 Å². The van der Waals surface area contributed by atoms with Crippen LogP contribution in [-0.2, 0) is 0 Å². The minimum Gasteiger partial charge on any atom is -0.303 e. The van der Waals surface area contributed by atoms with Crippen molar-refractivity contribution in [3.05, 3.63) is 50.1 Å². The Labute approximate surface area is 104 Å². The van der Waals surface area contributed by atoms with Crippen molar-refractivity contribution in [1.29, 1.82) is 0 Å². The highest BCUT2D eigenvalue weighted by Gasteiger charge is 2.11. The Balaban J connectivity index is 2.30. The van der Waals surface area contributed by atoms with E-state index in [1.165, 1.54) is 12.4 Å².